The van der Waals surface area contributed by atoms with Gasteiger partial charge in [0.25, 0.3) is 0 Å². The summed E-state index contributed by atoms with van der Waals surface area (Å²) in [5, 5.41) is 16.1. The van der Waals surface area contributed by atoms with Crippen LogP contribution in [0.1, 0.15) is 62.3 Å². The van der Waals surface area contributed by atoms with Gasteiger partial charge in [-0.15, -0.1) is 0 Å². The third-order valence-electron chi connectivity index (χ3n) is 5.53. The zero-order valence-electron chi connectivity index (χ0n) is 14.7. The second-order valence-electron chi connectivity index (χ2n) is 7.58. The molecular formula is C18H24N6O. The van der Waals surface area contributed by atoms with E-state index in [0.717, 1.165) is 36.9 Å². The van der Waals surface area contributed by atoms with Gasteiger partial charge in [-0.3, -0.25) is 9.47 Å². The van der Waals surface area contributed by atoms with E-state index in [1.807, 2.05) is 19.9 Å². The Kier molecular flexibility index (Phi) is 4.00. The monoisotopic (exact) mass is 340 g/mol. The molecule has 1 saturated carbocycles. The molecule has 0 aromatic carbocycles. The minimum Gasteiger partial charge on any atom is -0.363 e. The average molecular weight is 340 g/mol. The van der Waals surface area contributed by atoms with Gasteiger partial charge in [0.2, 0.25) is 0 Å². The molecule has 2 fully saturated rings. The highest BCUT2D eigenvalue weighted by atomic mass is 16.1. The molecule has 7 nitrogen and oxygen atoms in total. The number of nitrogens with zero attached hydrogens (tertiary/aromatic N) is 4. The number of likely N-dealkylation sites (tertiary alicyclic amines) is 1. The first-order valence-corrected chi connectivity index (χ1v) is 9.06. The molecule has 1 saturated heterocycles. The molecule has 0 bridgehead atoms. The lowest BCUT2D eigenvalue weighted by Gasteiger charge is -2.28. The molecule has 2 unspecified atom stereocenters. The number of aromatic amines is 2. The lowest BCUT2D eigenvalue weighted by molar-refractivity contribution is 0.192. The normalized spacial score (nSPS) is 24.1. The maximum absolute atomic E-state index is 12.2. The number of aromatic nitrogens is 4. The van der Waals surface area contributed by atoms with Gasteiger partial charge in [0, 0.05) is 24.5 Å². The van der Waals surface area contributed by atoms with E-state index in [-0.39, 0.29) is 17.8 Å². The number of nitriles is 1. The van der Waals surface area contributed by atoms with Gasteiger partial charge in [-0.25, -0.2) is 9.89 Å². The van der Waals surface area contributed by atoms with E-state index in [4.69, 9.17) is 5.26 Å². The van der Waals surface area contributed by atoms with Gasteiger partial charge in [-0.1, -0.05) is 0 Å². The second kappa shape index (κ2) is 6.19. The van der Waals surface area contributed by atoms with Crippen molar-refractivity contribution in [3.05, 3.63) is 39.8 Å². The highest BCUT2D eigenvalue weighted by Crippen LogP contribution is 2.50. The molecule has 25 heavy (non-hydrogen) atoms. The number of hydrogen-bond acceptors (Lipinski definition) is 4. The van der Waals surface area contributed by atoms with Gasteiger partial charge < -0.3 is 4.98 Å². The Morgan fingerprint density at radius 2 is 2.20 bits per heavy atom. The fraction of sp³-hybridized carbons (Fsp3) is 0.611. The van der Waals surface area contributed by atoms with Crippen molar-refractivity contribution in [3.63, 3.8) is 0 Å². The smallest absolute Gasteiger partial charge is 0.343 e. The van der Waals surface area contributed by atoms with Gasteiger partial charge in [0.1, 0.15) is 6.07 Å². The van der Waals surface area contributed by atoms with Crippen LogP contribution in [0.25, 0.3) is 0 Å². The third kappa shape index (κ3) is 2.91. The van der Waals surface area contributed by atoms with Crippen molar-refractivity contribution in [2.45, 2.75) is 51.7 Å². The van der Waals surface area contributed by atoms with Gasteiger partial charge in [-0.05, 0) is 57.6 Å². The van der Waals surface area contributed by atoms with E-state index in [2.05, 4.69) is 26.2 Å². The molecule has 2 atom stereocenters. The Bertz CT molecular complexity index is 850. The van der Waals surface area contributed by atoms with E-state index in [1.54, 1.807) is 10.8 Å². The Hall–Kier alpha value is -2.33. The summed E-state index contributed by atoms with van der Waals surface area (Å²) in [5.74, 6) is 2.17. The summed E-state index contributed by atoms with van der Waals surface area (Å²) in [6.45, 7) is 5.78. The van der Waals surface area contributed by atoms with Crippen molar-refractivity contribution < 1.29 is 0 Å². The molecule has 0 amide bonds. The van der Waals surface area contributed by atoms with Crippen LogP contribution in [-0.4, -0.2) is 31.2 Å². The molecule has 0 radical (unpaired) electrons. The fourth-order valence-corrected chi connectivity index (χ4v) is 4.27. The van der Waals surface area contributed by atoms with E-state index in [0.29, 0.717) is 11.5 Å². The first kappa shape index (κ1) is 16.2. The Morgan fingerprint density at radius 1 is 1.40 bits per heavy atom. The zero-order chi connectivity index (χ0) is 17.6. The summed E-state index contributed by atoms with van der Waals surface area (Å²) in [4.78, 5) is 17.8. The fourth-order valence-electron chi connectivity index (χ4n) is 4.27. The predicted octanol–water partition coefficient (Wildman–Crippen LogP) is 2.33. The van der Waals surface area contributed by atoms with E-state index in [1.165, 1.54) is 12.8 Å². The minimum absolute atomic E-state index is 0.0826. The predicted molar refractivity (Wildman–Crippen MR) is 92.7 cm³/mol. The third-order valence-corrected chi connectivity index (χ3v) is 5.53. The molecule has 3 heterocycles. The van der Waals surface area contributed by atoms with Gasteiger partial charge in [0.05, 0.1) is 11.6 Å². The molecule has 1 aliphatic heterocycles. The largest absolute Gasteiger partial charge is 0.363 e. The van der Waals surface area contributed by atoms with Gasteiger partial charge in [-0.2, -0.15) is 10.4 Å². The molecule has 0 spiro atoms. The Morgan fingerprint density at radius 3 is 2.84 bits per heavy atom. The highest BCUT2D eigenvalue weighted by Gasteiger charge is 2.46. The average Bonchev–Trinajstić information content (AvgIpc) is 3.02. The van der Waals surface area contributed by atoms with Gasteiger partial charge >= 0.3 is 5.69 Å². The van der Waals surface area contributed by atoms with Crippen LogP contribution >= 0.6 is 0 Å². The molecular weight excluding hydrogens is 316 g/mol. The summed E-state index contributed by atoms with van der Waals surface area (Å²) < 4.78 is 1.80. The number of nitrogens with one attached hydrogen (secondary N) is 2. The number of H-pyrrole nitrogens is 2. The summed E-state index contributed by atoms with van der Waals surface area (Å²) in [6, 6.07) is 4.31. The van der Waals surface area contributed by atoms with E-state index < -0.39 is 0 Å². The first-order valence-electron chi connectivity index (χ1n) is 9.06. The van der Waals surface area contributed by atoms with Crippen LogP contribution in [0.3, 0.4) is 0 Å². The van der Waals surface area contributed by atoms with Crippen molar-refractivity contribution in [1.82, 2.24) is 24.6 Å². The summed E-state index contributed by atoms with van der Waals surface area (Å²) in [7, 11) is 0. The summed E-state index contributed by atoms with van der Waals surface area (Å²) in [5.41, 5.74) is 1.56. The molecule has 2 aromatic rings. The van der Waals surface area contributed by atoms with Crippen molar-refractivity contribution in [3.8, 4) is 6.07 Å². The van der Waals surface area contributed by atoms with Crippen LogP contribution in [0.2, 0.25) is 0 Å². The van der Waals surface area contributed by atoms with Crippen LogP contribution in [0, 0.1) is 23.2 Å². The number of rotatable bonds is 5. The van der Waals surface area contributed by atoms with E-state index >= 15 is 0 Å². The summed E-state index contributed by atoms with van der Waals surface area (Å²) in [6.07, 6.45) is 5.45. The SMILES string of the molecule is CC(C)n1c(C2C(C3CC3)CCN2Cc2cc(C#N)c[nH]2)n[nH]c1=O. The van der Waals surface area contributed by atoms with E-state index in [9.17, 15) is 4.79 Å². The highest BCUT2D eigenvalue weighted by molar-refractivity contribution is 5.29. The standard InChI is InChI=1S/C18H24N6O/c1-11(2)24-17(21-22-18(24)25)16-15(13-3-4-13)5-6-23(16)10-14-7-12(8-19)9-20-14/h7,9,11,13,15-16,20H,3-6,10H2,1-2H3,(H,22,25). The van der Waals surface area contributed by atoms with Crippen LogP contribution in [0.15, 0.2) is 17.1 Å². The molecule has 1 aliphatic carbocycles. The van der Waals surface area contributed by atoms with Crippen LogP contribution < -0.4 is 5.69 Å². The van der Waals surface area contributed by atoms with Crippen molar-refractivity contribution in [2.75, 3.05) is 6.54 Å². The topological polar surface area (TPSA) is 93.5 Å². The molecule has 2 aromatic heterocycles. The second-order valence-corrected chi connectivity index (χ2v) is 7.58. The molecule has 132 valence electrons. The number of hydrogen-bond donors (Lipinski definition) is 2. The maximum atomic E-state index is 12.2. The van der Waals surface area contributed by atoms with Crippen LogP contribution in [0.5, 0.6) is 0 Å². The molecule has 4 rings (SSSR count). The quantitative estimate of drug-likeness (QED) is 0.873. The van der Waals surface area contributed by atoms with Crippen molar-refractivity contribution in [1.29, 1.82) is 5.26 Å². The zero-order valence-corrected chi connectivity index (χ0v) is 14.7. The van der Waals surface area contributed by atoms with Crippen molar-refractivity contribution in [2.24, 2.45) is 11.8 Å². The Labute approximate surface area is 146 Å². The van der Waals surface area contributed by atoms with Crippen LogP contribution in [-0.2, 0) is 6.54 Å². The maximum Gasteiger partial charge on any atom is 0.343 e. The van der Waals surface area contributed by atoms with Crippen molar-refractivity contribution >= 4 is 0 Å². The molecule has 7 heteroatoms. The van der Waals surface area contributed by atoms with Gasteiger partial charge in [0.15, 0.2) is 5.82 Å². The molecule has 2 N–H and O–H groups in total. The Balaban J connectivity index is 1.67. The lowest BCUT2D eigenvalue weighted by Crippen LogP contribution is -2.31. The van der Waals surface area contributed by atoms with Crippen LogP contribution in [0.4, 0.5) is 0 Å². The minimum atomic E-state index is -0.127. The lowest BCUT2D eigenvalue weighted by atomic mass is 9.94. The summed E-state index contributed by atoms with van der Waals surface area (Å²) >= 11 is 0. The first-order chi connectivity index (χ1) is 12.1. The molecule has 2 aliphatic rings.